The molecule has 0 amide bonds. The van der Waals surface area contributed by atoms with Gasteiger partial charge in [0.25, 0.3) is 0 Å². The van der Waals surface area contributed by atoms with Gasteiger partial charge in [-0.25, -0.2) is 8.78 Å². The Labute approximate surface area is 227 Å². The third kappa shape index (κ3) is 5.45. The van der Waals surface area contributed by atoms with E-state index in [4.69, 9.17) is 4.98 Å². The van der Waals surface area contributed by atoms with E-state index in [0.29, 0.717) is 34.5 Å². The zero-order chi connectivity index (χ0) is 27.9. The number of halogens is 5. The largest absolute Gasteiger partial charge is 0.416 e. The van der Waals surface area contributed by atoms with Gasteiger partial charge in [0.15, 0.2) is 6.17 Å². The van der Waals surface area contributed by atoms with Gasteiger partial charge >= 0.3 is 6.18 Å². The minimum Gasteiger partial charge on any atom is -0.387 e. The summed E-state index contributed by atoms with van der Waals surface area (Å²) in [5, 5.41) is 11.3. The fraction of sp³-hybridized carbons (Fsp3) is 0.258. The van der Waals surface area contributed by atoms with Crippen LogP contribution >= 0.6 is 11.8 Å². The molecule has 0 aliphatic heterocycles. The minimum atomic E-state index is -4.54. The molecule has 1 N–H and O–H groups in total. The molecule has 1 aliphatic carbocycles. The van der Waals surface area contributed by atoms with Gasteiger partial charge in [0, 0.05) is 33.4 Å². The number of fused-ring (bicyclic) bond motifs is 1. The van der Waals surface area contributed by atoms with Crippen molar-refractivity contribution >= 4 is 11.8 Å². The lowest BCUT2D eigenvalue weighted by molar-refractivity contribution is -0.137. The first kappa shape index (κ1) is 27.3. The lowest BCUT2D eigenvalue weighted by Crippen LogP contribution is -2.13. The molecule has 3 atom stereocenters. The molecule has 3 aromatic carbocycles. The number of thioether (sulfide) groups is 1. The maximum absolute atomic E-state index is 16.5. The molecule has 0 fully saturated rings. The molecule has 1 heterocycles. The highest BCUT2D eigenvalue weighted by Crippen LogP contribution is 2.50. The molecule has 39 heavy (non-hydrogen) atoms. The van der Waals surface area contributed by atoms with Gasteiger partial charge in [-0.15, -0.1) is 11.8 Å². The summed E-state index contributed by atoms with van der Waals surface area (Å²) < 4.78 is 69.9. The van der Waals surface area contributed by atoms with E-state index in [1.807, 2.05) is 44.2 Å². The number of hydrogen-bond acceptors (Lipinski definition) is 3. The van der Waals surface area contributed by atoms with E-state index in [1.165, 1.54) is 36.0 Å². The Hall–Kier alpha value is -3.23. The smallest absolute Gasteiger partial charge is 0.387 e. The molecule has 3 unspecified atom stereocenters. The summed E-state index contributed by atoms with van der Waals surface area (Å²) in [7, 11) is 0. The van der Waals surface area contributed by atoms with Crippen LogP contribution in [0.15, 0.2) is 83.8 Å². The van der Waals surface area contributed by atoms with Gasteiger partial charge in [0.05, 0.1) is 17.4 Å². The van der Waals surface area contributed by atoms with E-state index >= 15 is 4.39 Å². The molecule has 1 aromatic heterocycles. The highest BCUT2D eigenvalue weighted by atomic mass is 32.2. The topological polar surface area (TPSA) is 33.1 Å². The fourth-order valence-corrected chi connectivity index (χ4v) is 6.23. The van der Waals surface area contributed by atoms with Crippen molar-refractivity contribution in [3.05, 3.63) is 118 Å². The number of pyridine rings is 1. The molecule has 0 saturated heterocycles. The Balaban J connectivity index is 1.68. The summed E-state index contributed by atoms with van der Waals surface area (Å²) in [6, 6.07) is 19.2. The molecular weight excluding hydrogens is 529 g/mol. The van der Waals surface area contributed by atoms with Crippen LogP contribution in [0.3, 0.4) is 0 Å². The molecule has 2 nitrogen and oxygen atoms in total. The van der Waals surface area contributed by atoms with Crippen LogP contribution in [0.25, 0.3) is 11.1 Å². The van der Waals surface area contributed by atoms with Crippen LogP contribution in [0.1, 0.15) is 65.7 Å². The molecular formula is C31H26F5NOS. The van der Waals surface area contributed by atoms with E-state index in [0.717, 1.165) is 29.2 Å². The van der Waals surface area contributed by atoms with Gasteiger partial charge in [-0.1, -0.05) is 56.3 Å². The Morgan fingerprint density at radius 3 is 2.15 bits per heavy atom. The zero-order valence-corrected chi connectivity index (χ0v) is 22.0. The Morgan fingerprint density at radius 2 is 1.56 bits per heavy atom. The van der Waals surface area contributed by atoms with Crippen LogP contribution in [0, 0.1) is 5.82 Å². The summed E-state index contributed by atoms with van der Waals surface area (Å²) in [6.45, 7) is 3.74. The van der Waals surface area contributed by atoms with Crippen molar-refractivity contribution in [2.45, 2.75) is 54.8 Å². The highest BCUT2D eigenvalue weighted by molar-refractivity contribution is 8.00. The number of aliphatic hydroxyl groups is 1. The van der Waals surface area contributed by atoms with Crippen LogP contribution in [-0.2, 0) is 12.6 Å². The van der Waals surface area contributed by atoms with E-state index in [1.54, 1.807) is 0 Å². The summed E-state index contributed by atoms with van der Waals surface area (Å²) in [5.41, 5.74) is 1.84. The maximum atomic E-state index is 16.5. The van der Waals surface area contributed by atoms with E-state index in [9.17, 15) is 22.7 Å². The second-order valence-electron chi connectivity index (χ2n) is 9.91. The summed E-state index contributed by atoms with van der Waals surface area (Å²) in [4.78, 5) is 5.80. The predicted octanol–water partition coefficient (Wildman–Crippen LogP) is 8.84. The first-order valence-corrected chi connectivity index (χ1v) is 13.5. The molecule has 202 valence electrons. The van der Waals surface area contributed by atoms with Gasteiger partial charge in [0.2, 0.25) is 0 Å². The molecule has 4 aromatic rings. The van der Waals surface area contributed by atoms with Gasteiger partial charge in [0.1, 0.15) is 5.82 Å². The normalized spacial score (nSPS) is 17.9. The van der Waals surface area contributed by atoms with Crippen molar-refractivity contribution in [3.63, 3.8) is 0 Å². The number of hydrogen-bond donors (Lipinski definition) is 1. The quantitative estimate of drug-likeness (QED) is 0.241. The molecule has 0 bridgehead atoms. The van der Waals surface area contributed by atoms with Crippen LogP contribution in [0.5, 0.6) is 0 Å². The van der Waals surface area contributed by atoms with Crippen LogP contribution in [-0.4, -0.2) is 15.3 Å². The lowest BCUT2D eigenvalue weighted by atomic mass is 9.85. The molecule has 0 spiro atoms. The van der Waals surface area contributed by atoms with Gasteiger partial charge in [-0.05, 0) is 59.0 Å². The van der Waals surface area contributed by atoms with Gasteiger partial charge < -0.3 is 5.11 Å². The number of nitrogens with zero attached hydrogens (tertiary/aromatic N) is 1. The van der Waals surface area contributed by atoms with E-state index in [-0.39, 0.29) is 22.3 Å². The lowest BCUT2D eigenvalue weighted by Gasteiger charge is -2.25. The number of alkyl halides is 4. The average Bonchev–Trinajstić information content (AvgIpc) is 3.22. The average molecular weight is 556 g/mol. The van der Waals surface area contributed by atoms with Crippen LogP contribution in [0.4, 0.5) is 22.0 Å². The summed E-state index contributed by atoms with van der Waals surface area (Å²) in [6.07, 6.45) is -6.91. The third-order valence-electron chi connectivity index (χ3n) is 6.92. The number of aromatic nitrogens is 1. The standard InChI is InChI=1S/C31H26F5NOS/c1-17(2)29-27(28(33)19-8-12-20(13-9-19)31(34,35)36)25(18-10-14-21(32)15-11-18)26-23(37-29)16-24(30(26)38)39-22-6-4-3-5-7-22/h3-15,17,24,28,30,38H,16H2,1-2H3. The van der Waals surface area contributed by atoms with E-state index < -0.39 is 29.8 Å². The molecule has 8 heteroatoms. The SMILES string of the molecule is CC(C)c1nc2c(c(-c3ccc(F)cc3)c1C(F)c1ccc(C(F)(F)F)cc1)C(O)C(Sc1ccccc1)C2. The molecule has 1 aliphatic rings. The van der Waals surface area contributed by atoms with E-state index in [2.05, 4.69) is 0 Å². The zero-order valence-electron chi connectivity index (χ0n) is 21.2. The second kappa shape index (κ2) is 10.7. The van der Waals surface area contributed by atoms with Crippen molar-refractivity contribution in [2.24, 2.45) is 0 Å². The molecule has 5 rings (SSSR count). The number of rotatable bonds is 6. The maximum Gasteiger partial charge on any atom is 0.416 e. The number of benzene rings is 3. The van der Waals surface area contributed by atoms with Crippen molar-refractivity contribution in [3.8, 4) is 11.1 Å². The van der Waals surface area contributed by atoms with Crippen molar-refractivity contribution in [1.29, 1.82) is 0 Å². The van der Waals surface area contributed by atoms with Crippen LogP contribution < -0.4 is 0 Å². The first-order chi connectivity index (χ1) is 18.5. The molecule has 0 radical (unpaired) electrons. The minimum absolute atomic E-state index is 0.0395. The second-order valence-corrected chi connectivity index (χ2v) is 11.2. The first-order valence-electron chi connectivity index (χ1n) is 12.6. The Bertz CT molecular complexity index is 1450. The monoisotopic (exact) mass is 555 g/mol. The van der Waals surface area contributed by atoms with Crippen molar-refractivity contribution in [1.82, 2.24) is 4.98 Å². The third-order valence-corrected chi connectivity index (χ3v) is 8.19. The summed E-state index contributed by atoms with van der Waals surface area (Å²) in [5.74, 6) is -0.692. The molecule has 0 saturated carbocycles. The van der Waals surface area contributed by atoms with Gasteiger partial charge in [-0.2, -0.15) is 13.2 Å². The summed E-state index contributed by atoms with van der Waals surface area (Å²) >= 11 is 1.50. The number of aliphatic hydroxyl groups excluding tert-OH is 1. The van der Waals surface area contributed by atoms with Gasteiger partial charge in [-0.3, -0.25) is 4.98 Å². The Kier molecular flexibility index (Phi) is 7.53. The van der Waals surface area contributed by atoms with Crippen molar-refractivity contribution in [2.75, 3.05) is 0 Å². The van der Waals surface area contributed by atoms with Crippen molar-refractivity contribution < 1.29 is 27.1 Å². The Morgan fingerprint density at radius 1 is 0.923 bits per heavy atom. The highest BCUT2D eigenvalue weighted by Gasteiger charge is 2.39. The predicted molar refractivity (Wildman–Crippen MR) is 143 cm³/mol. The fourth-order valence-electron chi connectivity index (χ4n) is 5.06. The van der Waals surface area contributed by atoms with Crippen LogP contribution in [0.2, 0.25) is 0 Å².